The highest BCUT2D eigenvalue weighted by Crippen LogP contribution is 2.34. The summed E-state index contributed by atoms with van der Waals surface area (Å²) in [6, 6.07) is 6.79. The van der Waals surface area contributed by atoms with Gasteiger partial charge in [0.05, 0.1) is 4.92 Å². The van der Waals surface area contributed by atoms with Gasteiger partial charge in [-0.05, 0) is 38.0 Å². The van der Waals surface area contributed by atoms with Crippen molar-refractivity contribution in [3.8, 4) is 11.3 Å². The largest absolute Gasteiger partial charge is 0.295 e. The van der Waals surface area contributed by atoms with Crippen molar-refractivity contribution in [1.82, 2.24) is 4.98 Å². The highest BCUT2D eigenvalue weighted by Gasteiger charge is 2.20. The van der Waals surface area contributed by atoms with Crippen LogP contribution in [0.3, 0.4) is 0 Å². The Morgan fingerprint density at radius 3 is 2.26 bits per heavy atom. The van der Waals surface area contributed by atoms with E-state index >= 15 is 0 Å². The molecule has 1 aromatic heterocycles. The molecule has 0 saturated carbocycles. The van der Waals surface area contributed by atoms with Crippen molar-refractivity contribution in [2.45, 2.75) is 20.8 Å². The summed E-state index contributed by atoms with van der Waals surface area (Å²) in [5, 5.41) is 11.4. The highest BCUT2D eigenvalue weighted by atomic mass is 35.5. The zero-order valence-electron chi connectivity index (χ0n) is 10.9. The van der Waals surface area contributed by atoms with Crippen LogP contribution in [-0.4, -0.2) is 9.91 Å². The first-order valence-corrected chi connectivity index (χ1v) is 6.17. The number of nitrogens with zero attached hydrogens (tertiary/aromatic N) is 2. The van der Waals surface area contributed by atoms with Gasteiger partial charge in [-0.2, -0.15) is 0 Å². The van der Waals surface area contributed by atoms with Crippen molar-refractivity contribution in [2.24, 2.45) is 0 Å². The summed E-state index contributed by atoms with van der Waals surface area (Å²) in [6.07, 6.45) is 0. The van der Waals surface area contributed by atoms with Gasteiger partial charge in [-0.15, -0.1) is 0 Å². The van der Waals surface area contributed by atoms with E-state index in [0.29, 0.717) is 5.69 Å². The molecular formula is C14H13ClN2O2. The third-order valence-corrected chi connectivity index (χ3v) is 3.16. The second-order valence-corrected chi connectivity index (χ2v) is 4.92. The highest BCUT2D eigenvalue weighted by molar-refractivity contribution is 6.29. The number of nitro groups is 1. The first-order valence-electron chi connectivity index (χ1n) is 5.79. The van der Waals surface area contributed by atoms with Crippen LogP contribution in [-0.2, 0) is 0 Å². The second kappa shape index (κ2) is 4.97. The van der Waals surface area contributed by atoms with Crippen LogP contribution in [0.15, 0.2) is 24.3 Å². The summed E-state index contributed by atoms with van der Waals surface area (Å²) in [7, 11) is 0. The van der Waals surface area contributed by atoms with E-state index in [9.17, 15) is 10.1 Å². The lowest BCUT2D eigenvalue weighted by Gasteiger charge is -2.11. The maximum atomic E-state index is 11.1. The van der Waals surface area contributed by atoms with Crippen LogP contribution in [0.4, 0.5) is 5.69 Å². The van der Waals surface area contributed by atoms with Gasteiger partial charge in [-0.3, -0.25) is 10.1 Å². The zero-order chi connectivity index (χ0) is 14.2. The summed E-state index contributed by atoms with van der Waals surface area (Å²) in [6.45, 7) is 5.83. The van der Waals surface area contributed by atoms with E-state index in [1.165, 1.54) is 12.1 Å². The van der Waals surface area contributed by atoms with Gasteiger partial charge in [0.1, 0.15) is 10.8 Å². The minimum Gasteiger partial charge on any atom is -0.258 e. The van der Waals surface area contributed by atoms with Crippen LogP contribution in [0.5, 0.6) is 0 Å². The number of hydrogen-bond acceptors (Lipinski definition) is 3. The molecule has 0 bridgehead atoms. The number of hydrogen-bond donors (Lipinski definition) is 0. The Hall–Kier alpha value is -1.94. The lowest BCUT2D eigenvalue weighted by atomic mass is 9.96. The molecule has 0 aliphatic heterocycles. The van der Waals surface area contributed by atoms with Crippen LogP contribution >= 0.6 is 11.6 Å². The molecule has 0 saturated heterocycles. The van der Waals surface area contributed by atoms with E-state index in [2.05, 4.69) is 4.98 Å². The van der Waals surface area contributed by atoms with Crippen molar-refractivity contribution in [3.63, 3.8) is 0 Å². The Morgan fingerprint density at radius 2 is 1.74 bits per heavy atom. The van der Waals surface area contributed by atoms with E-state index in [1.54, 1.807) is 0 Å². The number of aryl methyl sites for hydroxylation is 3. The molecule has 1 heterocycles. The van der Waals surface area contributed by atoms with Crippen molar-refractivity contribution in [3.05, 3.63) is 56.2 Å². The monoisotopic (exact) mass is 276 g/mol. The van der Waals surface area contributed by atoms with E-state index in [-0.39, 0.29) is 10.8 Å². The fourth-order valence-corrected chi connectivity index (χ4v) is 2.46. The van der Waals surface area contributed by atoms with E-state index in [4.69, 9.17) is 11.6 Å². The molecule has 1 aromatic carbocycles. The summed E-state index contributed by atoms with van der Waals surface area (Å²) >= 11 is 5.87. The number of aromatic nitrogens is 1. The maximum absolute atomic E-state index is 11.1. The molecule has 5 heteroatoms. The molecule has 0 fully saturated rings. The molecule has 98 valence electrons. The summed E-state index contributed by atoms with van der Waals surface area (Å²) in [5.74, 6) is 0. The maximum Gasteiger partial charge on any atom is 0.295 e. The van der Waals surface area contributed by atoms with Gasteiger partial charge in [-0.1, -0.05) is 29.3 Å². The van der Waals surface area contributed by atoms with E-state index in [1.807, 2.05) is 32.9 Å². The van der Waals surface area contributed by atoms with Crippen LogP contribution in [0.1, 0.15) is 16.7 Å². The van der Waals surface area contributed by atoms with Gasteiger partial charge in [0, 0.05) is 11.6 Å². The Bertz CT molecular complexity index is 645. The topological polar surface area (TPSA) is 56.0 Å². The molecule has 0 aliphatic rings. The quantitative estimate of drug-likeness (QED) is 0.468. The van der Waals surface area contributed by atoms with Crippen LogP contribution in [0.25, 0.3) is 11.3 Å². The third-order valence-electron chi connectivity index (χ3n) is 2.95. The molecule has 2 rings (SSSR count). The lowest BCUT2D eigenvalue weighted by molar-refractivity contribution is -0.384. The Balaban J connectivity index is 2.78. The lowest BCUT2D eigenvalue weighted by Crippen LogP contribution is -1.98. The molecule has 0 aliphatic carbocycles. The van der Waals surface area contributed by atoms with Crippen molar-refractivity contribution < 1.29 is 4.92 Å². The van der Waals surface area contributed by atoms with Crippen molar-refractivity contribution in [2.75, 3.05) is 0 Å². The molecule has 0 radical (unpaired) electrons. The standard InChI is InChI=1S/C14H13ClN2O2/c1-8-6-9(2)13(10(3)7-8)14-11(17(18)19)4-5-12(15)16-14/h4-7H,1-3H3. The average molecular weight is 277 g/mol. The summed E-state index contributed by atoms with van der Waals surface area (Å²) in [4.78, 5) is 14.8. The number of rotatable bonds is 2. The second-order valence-electron chi connectivity index (χ2n) is 4.53. The number of pyridine rings is 1. The SMILES string of the molecule is Cc1cc(C)c(-c2nc(Cl)ccc2[N+](=O)[O-])c(C)c1. The number of benzene rings is 1. The van der Waals surface area contributed by atoms with E-state index < -0.39 is 4.92 Å². The van der Waals surface area contributed by atoms with E-state index in [0.717, 1.165) is 22.3 Å². The van der Waals surface area contributed by atoms with Gasteiger partial charge in [0.25, 0.3) is 5.69 Å². The van der Waals surface area contributed by atoms with Crippen molar-refractivity contribution >= 4 is 17.3 Å². The van der Waals surface area contributed by atoms with Crippen LogP contribution in [0.2, 0.25) is 5.15 Å². The van der Waals surface area contributed by atoms with Gasteiger partial charge >= 0.3 is 0 Å². The minimum atomic E-state index is -0.433. The Morgan fingerprint density at radius 1 is 1.16 bits per heavy atom. The molecule has 19 heavy (non-hydrogen) atoms. The van der Waals surface area contributed by atoms with Crippen LogP contribution in [0, 0.1) is 30.9 Å². The Kier molecular flexibility index (Phi) is 3.53. The van der Waals surface area contributed by atoms with Crippen molar-refractivity contribution in [1.29, 1.82) is 0 Å². The fraction of sp³-hybridized carbons (Fsp3) is 0.214. The number of halogens is 1. The molecule has 4 nitrogen and oxygen atoms in total. The predicted molar refractivity (Wildman–Crippen MR) is 75.5 cm³/mol. The summed E-state index contributed by atoms with van der Waals surface area (Å²) < 4.78 is 0. The van der Waals surface area contributed by atoms with Gasteiger partial charge < -0.3 is 0 Å². The van der Waals surface area contributed by atoms with Crippen LogP contribution < -0.4 is 0 Å². The zero-order valence-corrected chi connectivity index (χ0v) is 11.7. The fourth-order valence-electron chi connectivity index (χ4n) is 2.31. The molecule has 0 unspecified atom stereocenters. The van der Waals surface area contributed by atoms with Gasteiger partial charge in [-0.25, -0.2) is 4.98 Å². The summed E-state index contributed by atoms with van der Waals surface area (Å²) in [5.41, 5.74) is 4.10. The predicted octanol–water partition coefficient (Wildman–Crippen LogP) is 4.24. The first-order chi connectivity index (χ1) is 8.90. The molecular weight excluding hydrogens is 264 g/mol. The van der Waals surface area contributed by atoms with Gasteiger partial charge in [0.2, 0.25) is 0 Å². The Labute approximate surface area is 116 Å². The molecule has 0 atom stereocenters. The normalized spacial score (nSPS) is 10.5. The molecule has 0 N–H and O–H groups in total. The molecule has 2 aromatic rings. The minimum absolute atomic E-state index is 0.0283. The molecule has 0 spiro atoms. The smallest absolute Gasteiger partial charge is 0.258 e. The van der Waals surface area contributed by atoms with Gasteiger partial charge in [0.15, 0.2) is 0 Å². The first kappa shape index (κ1) is 13.5. The molecule has 0 amide bonds. The average Bonchev–Trinajstić information content (AvgIpc) is 2.27. The third kappa shape index (κ3) is 2.58.